The van der Waals surface area contributed by atoms with Gasteiger partial charge in [0.15, 0.2) is 15.7 Å². The molecule has 1 aromatic carbocycles. The number of aliphatic imine (C=N–C) groups is 1. The van der Waals surface area contributed by atoms with Gasteiger partial charge < -0.3 is 15.8 Å². The molecule has 0 spiro atoms. The Morgan fingerprint density at radius 1 is 1.27 bits per heavy atom. The van der Waals surface area contributed by atoms with E-state index in [-0.39, 0.29) is 23.1 Å². The second-order valence-corrected chi connectivity index (χ2v) is 9.63. The smallest absolute Gasteiger partial charge is 0.275 e. The number of amides is 1. The largest absolute Gasteiger partial charge is 0.480 e. The molecule has 1 unspecified atom stereocenters. The van der Waals surface area contributed by atoms with Crippen LogP contribution in [-0.2, 0) is 9.84 Å². The number of hydrogen-bond donors (Lipinski definition) is 2. The fourth-order valence-electron chi connectivity index (χ4n) is 2.78. The summed E-state index contributed by atoms with van der Waals surface area (Å²) in [5, 5.41) is 2.27. The lowest BCUT2D eigenvalue weighted by atomic mass is 10.0. The number of carbonyl (C=O) groups is 1. The number of methoxy groups -OCH3 is 1. The summed E-state index contributed by atoms with van der Waals surface area (Å²) >= 11 is 0. The highest BCUT2D eigenvalue weighted by Gasteiger charge is 2.45. The Bertz CT molecular complexity index is 1130. The zero-order valence-corrected chi connectivity index (χ0v) is 17.1. The van der Waals surface area contributed by atoms with Gasteiger partial charge >= 0.3 is 0 Å². The summed E-state index contributed by atoms with van der Waals surface area (Å²) in [5.41, 5.74) is 4.66. The molecule has 0 saturated heterocycles. The zero-order chi connectivity index (χ0) is 22.3. The molecule has 1 atom stereocenters. The number of nitrogens with zero attached hydrogens (tertiary/aromatic N) is 3. The number of ether oxygens (including phenoxy) is 1. The minimum atomic E-state index is -3.83. The maximum absolute atomic E-state index is 15.1. The Hall–Kier alpha value is -3.15. The topological polar surface area (TPSA) is 137 Å². The number of anilines is 1. The van der Waals surface area contributed by atoms with Crippen molar-refractivity contribution in [1.29, 1.82) is 0 Å². The predicted molar refractivity (Wildman–Crippen MR) is 105 cm³/mol. The summed E-state index contributed by atoms with van der Waals surface area (Å²) in [6.45, 7) is 2.74. The molecule has 1 aromatic heterocycles. The first kappa shape index (κ1) is 21.6. The van der Waals surface area contributed by atoms with E-state index in [9.17, 15) is 17.6 Å². The Balaban J connectivity index is 1.96. The maximum atomic E-state index is 15.1. The standard InChI is InChI=1S/C18H19F2N5O4S/c1-18(2)17(21)25-12(8-30(18,27)28)14-9(19)4-5-10(15(14)20)24-16(26)11-6-23-13(29-3)7-22-11/h4-7,12H,8H2,1-3H3,(H2,21,25)(H,24,26). The molecule has 9 nitrogen and oxygen atoms in total. The van der Waals surface area contributed by atoms with Crippen molar-refractivity contribution in [1.82, 2.24) is 9.97 Å². The van der Waals surface area contributed by atoms with Crippen LogP contribution >= 0.6 is 0 Å². The van der Waals surface area contributed by atoms with Crippen molar-refractivity contribution in [3.05, 3.63) is 47.4 Å². The minimum absolute atomic E-state index is 0.134. The number of benzene rings is 1. The molecule has 1 aliphatic heterocycles. The van der Waals surface area contributed by atoms with E-state index < -0.39 is 49.5 Å². The molecule has 0 radical (unpaired) electrons. The number of rotatable bonds is 4. The number of hydrogen-bond acceptors (Lipinski definition) is 8. The molecule has 160 valence electrons. The molecule has 1 aliphatic rings. The highest BCUT2D eigenvalue weighted by molar-refractivity contribution is 7.93. The molecule has 1 amide bonds. The molecule has 3 rings (SSSR count). The second-order valence-electron chi connectivity index (χ2n) is 7.04. The van der Waals surface area contributed by atoms with Gasteiger partial charge in [0.1, 0.15) is 22.1 Å². The zero-order valence-electron chi connectivity index (χ0n) is 16.3. The van der Waals surface area contributed by atoms with Crippen LogP contribution in [0.1, 0.15) is 35.9 Å². The summed E-state index contributed by atoms with van der Waals surface area (Å²) in [6, 6.07) is 0.532. The van der Waals surface area contributed by atoms with Crippen LogP contribution in [0.4, 0.5) is 14.5 Å². The average Bonchev–Trinajstić information content (AvgIpc) is 2.68. The van der Waals surface area contributed by atoms with E-state index in [1.54, 1.807) is 0 Å². The van der Waals surface area contributed by atoms with Gasteiger partial charge in [-0.2, -0.15) is 0 Å². The van der Waals surface area contributed by atoms with E-state index in [1.807, 2.05) is 0 Å². The van der Waals surface area contributed by atoms with Crippen molar-refractivity contribution in [3.63, 3.8) is 0 Å². The summed E-state index contributed by atoms with van der Waals surface area (Å²) in [7, 11) is -2.46. The van der Waals surface area contributed by atoms with Gasteiger partial charge in [-0.3, -0.25) is 9.79 Å². The fraction of sp³-hybridized carbons (Fsp3) is 0.333. The lowest BCUT2D eigenvalue weighted by molar-refractivity contribution is 0.102. The summed E-state index contributed by atoms with van der Waals surface area (Å²) < 4.78 is 57.9. The van der Waals surface area contributed by atoms with E-state index in [2.05, 4.69) is 20.3 Å². The van der Waals surface area contributed by atoms with E-state index >= 15 is 4.39 Å². The van der Waals surface area contributed by atoms with E-state index in [4.69, 9.17) is 10.5 Å². The van der Waals surface area contributed by atoms with Gasteiger partial charge in [0.05, 0.1) is 42.5 Å². The number of halogens is 2. The Kier molecular flexibility index (Phi) is 5.46. The number of aromatic nitrogens is 2. The van der Waals surface area contributed by atoms with Crippen LogP contribution in [-0.4, -0.2) is 47.7 Å². The molecule has 0 saturated carbocycles. The van der Waals surface area contributed by atoms with Crippen LogP contribution in [0, 0.1) is 11.6 Å². The molecular formula is C18H19F2N5O4S. The van der Waals surface area contributed by atoms with Crippen molar-refractivity contribution in [3.8, 4) is 5.88 Å². The molecule has 0 aliphatic carbocycles. The number of amidine groups is 1. The normalized spacial score (nSPS) is 19.6. The lowest BCUT2D eigenvalue weighted by Gasteiger charge is -2.32. The summed E-state index contributed by atoms with van der Waals surface area (Å²) in [5.74, 6) is -3.66. The Labute approximate surface area is 171 Å². The fourth-order valence-corrected chi connectivity index (χ4v) is 4.23. The van der Waals surface area contributed by atoms with Gasteiger partial charge in [-0.05, 0) is 26.0 Å². The van der Waals surface area contributed by atoms with Crippen molar-refractivity contribution in [2.45, 2.75) is 24.6 Å². The summed E-state index contributed by atoms with van der Waals surface area (Å²) in [4.78, 5) is 24.0. The molecule has 0 fully saturated rings. The van der Waals surface area contributed by atoms with Crippen LogP contribution in [0.3, 0.4) is 0 Å². The monoisotopic (exact) mass is 439 g/mol. The molecule has 0 bridgehead atoms. The van der Waals surface area contributed by atoms with Gasteiger partial charge in [-0.15, -0.1) is 0 Å². The maximum Gasteiger partial charge on any atom is 0.275 e. The Morgan fingerprint density at radius 2 is 1.97 bits per heavy atom. The first-order chi connectivity index (χ1) is 14.0. The van der Waals surface area contributed by atoms with Gasteiger partial charge in [0.25, 0.3) is 5.91 Å². The number of nitrogens with one attached hydrogen (secondary N) is 1. The predicted octanol–water partition coefficient (Wildman–Crippen LogP) is 1.62. The van der Waals surface area contributed by atoms with Crippen LogP contribution in [0.5, 0.6) is 5.88 Å². The van der Waals surface area contributed by atoms with Crippen molar-refractivity contribution >= 4 is 27.3 Å². The van der Waals surface area contributed by atoms with Crippen molar-refractivity contribution in [2.75, 3.05) is 18.2 Å². The lowest BCUT2D eigenvalue weighted by Crippen LogP contribution is -2.50. The highest BCUT2D eigenvalue weighted by Crippen LogP contribution is 2.36. The Morgan fingerprint density at radius 3 is 2.53 bits per heavy atom. The number of carbonyl (C=O) groups excluding carboxylic acids is 1. The molecule has 30 heavy (non-hydrogen) atoms. The van der Waals surface area contributed by atoms with Gasteiger partial charge in [0.2, 0.25) is 5.88 Å². The van der Waals surface area contributed by atoms with Crippen LogP contribution in [0.15, 0.2) is 29.5 Å². The number of nitrogens with two attached hydrogens (primary N) is 1. The quantitative estimate of drug-likeness (QED) is 0.739. The summed E-state index contributed by atoms with van der Waals surface area (Å²) in [6.07, 6.45) is 2.32. The first-order valence-electron chi connectivity index (χ1n) is 8.69. The third-order valence-electron chi connectivity index (χ3n) is 4.84. The van der Waals surface area contributed by atoms with E-state index in [0.717, 1.165) is 18.3 Å². The van der Waals surface area contributed by atoms with Gasteiger partial charge in [0, 0.05) is 0 Å². The molecule has 2 heterocycles. The van der Waals surface area contributed by atoms with Crippen LogP contribution in [0.25, 0.3) is 0 Å². The van der Waals surface area contributed by atoms with Crippen LogP contribution in [0.2, 0.25) is 0 Å². The third-order valence-corrected chi connectivity index (χ3v) is 7.36. The molecule has 12 heteroatoms. The molecule has 2 aromatic rings. The van der Waals surface area contributed by atoms with Gasteiger partial charge in [-0.1, -0.05) is 0 Å². The average molecular weight is 439 g/mol. The van der Waals surface area contributed by atoms with Crippen LogP contribution < -0.4 is 15.8 Å². The molecule has 3 N–H and O–H groups in total. The molecular weight excluding hydrogens is 420 g/mol. The van der Waals surface area contributed by atoms with Gasteiger partial charge in [-0.25, -0.2) is 27.2 Å². The third kappa shape index (κ3) is 3.70. The minimum Gasteiger partial charge on any atom is -0.480 e. The van der Waals surface area contributed by atoms with Crippen molar-refractivity contribution in [2.24, 2.45) is 10.7 Å². The van der Waals surface area contributed by atoms with E-state index in [1.165, 1.54) is 27.2 Å². The second kappa shape index (κ2) is 7.59. The number of sulfone groups is 1. The van der Waals surface area contributed by atoms with Crippen molar-refractivity contribution < 1.29 is 26.7 Å². The highest BCUT2D eigenvalue weighted by atomic mass is 32.2. The van der Waals surface area contributed by atoms with E-state index in [0.29, 0.717) is 0 Å². The SMILES string of the molecule is COc1cnc(C(=O)Nc2ccc(F)c(C3CS(=O)(=O)C(C)(C)C(N)=N3)c2F)cn1. The first-order valence-corrected chi connectivity index (χ1v) is 10.3.